The van der Waals surface area contributed by atoms with Crippen molar-refractivity contribution < 1.29 is 4.79 Å². The highest BCUT2D eigenvalue weighted by atomic mass is 35.5. The number of amides is 1. The van der Waals surface area contributed by atoms with Gasteiger partial charge in [-0.25, -0.2) is 0 Å². The molecule has 0 radical (unpaired) electrons. The molecule has 3 rings (SSSR count). The molecule has 1 unspecified atom stereocenters. The van der Waals surface area contributed by atoms with E-state index in [2.05, 4.69) is 11.4 Å². The minimum atomic E-state index is 0.0760. The highest BCUT2D eigenvalue weighted by Gasteiger charge is 2.22. The minimum absolute atomic E-state index is 0.0760. The number of halogens is 1. The van der Waals surface area contributed by atoms with E-state index in [1.165, 1.54) is 4.90 Å². The molecule has 2 aromatic rings. The Labute approximate surface area is 146 Å². The number of carbonyl (C=O) groups excluding carboxylic acids is 1. The molecule has 1 aliphatic rings. The number of rotatable bonds is 4. The molecule has 0 saturated heterocycles. The molecule has 0 aromatic heterocycles. The topological polar surface area (TPSA) is 32.3 Å². The van der Waals surface area contributed by atoms with Crippen LogP contribution < -0.4 is 10.2 Å². The van der Waals surface area contributed by atoms with E-state index in [0.717, 1.165) is 23.5 Å². The summed E-state index contributed by atoms with van der Waals surface area (Å²) >= 11 is 7.83. The lowest BCUT2D eigenvalue weighted by Crippen LogP contribution is -2.41. The number of hydrogen-bond donors (Lipinski definition) is 1. The molecule has 1 atom stereocenters. The Morgan fingerprint density at radius 1 is 1.30 bits per heavy atom. The minimum Gasteiger partial charge on any atom is -0.309 e. The largest absolute Gasteiger partial charge is 0.309 e. The number of nitrogens with one attached hydrogen (secondary N) is 1. The Balaban J connectivity index is 1.64. The van der Waals surface area contributed by atoms with Crippen LogP contribution in [0, 0.1) is 0 Å². The summed E-state index contributed by atoms with van der Waals surface area (Å²) in [5.74, 6) is 1.04. The smallest absolute Gasteiger partial charge is 0.241 e. The summed E-state index contributed by atoms with van der Waals surface area (Å²) in [6.07, 6.45) is 0. The summed E-state index contributed by atoms with van der Waals surface area (Å²) < 4.78 is 0. The Bertz CT molecular complexity index is 707. The lowest BCUT2D eigenvalue weighted by Gasteiger charge is -2.29. The van der Waals surface area contributed by atoms with Crippen LogP contribution in [0.1, 0.15) is 18.5 Å². The van der Waals surface area contributed by atoms with Crippen molar-refractivity contribution in [3.05, 3.63) is 59.1 Å². The molecule has 1 aliphatic heterocycles. The van der Waals surface area contributed by atoms with E-state index < -0.39 is 0 Å². The van der Waals surface area contributed by atoms with Crippen molar-refractivity contribution in [3.8, 4) is 0 Å². The van der Waals surface area contributed by atoms with Gasteiger partial charge in [-0.3, -0.25) is 4.79 Å². The maximum atomic E-state index is 12.6. The number of fused-ring (bicyclic) bond motifs is 1. The van der Waals surface area contributed by atoms with Gasteiger partial charge in [-0.2, -0.15) is 0 Å². The third-order valence-corrected chi connectivity index (χ3v) is 5.22. The van der Waals surface area contributed by atoms with Gasteiger partial charge < -0.3 is 10.2 Å². The Hall–Kier alpha value is -1.49. The summed E-state index contributed by atoms with van der Waals surface area (Å²) in [5, 5.41) is 4.01. The highest BCUT2D eigenvalue weighted by Crippen LogP contribution is 2.34. The van der Waals surface area contributed by atoms with Gasteiger partial charge in [0, 0.05) is 28.3 Å². The van der Waals surface area contributed by atoms with Crippen molar-refractivity contribution in [2.24, 2.45) is 0 Å². The van der Waals surface area contributed by atoms with Crippen LogP contribution in [0.3, 0.4) is 0 Å². The van der Waals surface area contributed by atoms with E-state index in [0.29, 0.717) is 11.6 Å². The lowest BCUT2D eigenvalue weighted by atomic mass is 10.1. The quantitative estimate of drug-likeness (QED) is 0.903. The maximum Gasteiger partial charge on any atom is 0.241 e. The summed E-state index contributed by atoms with van der Waals surface area (Å²) in [6, 6.07) is 15.9. The zero-order chi connectivity index (χ0) is 16.2. The molecule has 0 aliphatic carbocycles. The van der Waals surface area contributed by atoms with Crippen LogP contribution in [0.15, 0.2) is 53.4 Å². The van der Waals surface area contributed by atoms with Crippen LogP contribution in [0.4, 0.5) is 5.69 Å². The van der Waals surface area contributed by atoms with Gasteiger partial charge in [0.25, 0.3) is 0 Å². The molecule has 1 heterocycles. The van der Waals surface area contributed by atoms with E-state index in [4.69, 9.17) is 11.6 Å². The van der Waals surface area contributed by atoms with Crippen LogP contribution in [-0.4, -0.2) is 24.7 Å². The van der Waals surface area contributed by atoms with Crippen LogP contribution in [0.2, 0.25) is 5.02 Å². The fourth-order valence-electron chi connectivity index (χ4n) is 2.66. The Kier molecular flexibility index (Phi) is 5.26. The molecular formula is C18H19ClN2OS. The normalized spacial score (nSPS) is 15.1. The third kappa shape index (κ3) is 3.89. The predicted molar refractivity (Wildman–Crippen MR) is 97.4 cm³/mol. The number of thioether (sulfide) groups is 1. The zero-order valence-electron chi connectivity index (χ0n) is 13.0. The average molecular weight is 347 g/mol. The molecule has 1 amide bonds. The van der Waals surface area contributed by atoms with E-state index in [9.17, 15) is 4.79 Å². The van der Waals surface area contributed by atoms with E-state index in [-0.39, 0.29) is 11.9 Å². The van der Waals surface area contributed by atoms with E-state index in [1.54, 1.807) is 11.8 Å². The first-order valence-corrected chi connectivity index (χ1v) is 9.02. The molecule has 0 bridgehead atoms. The van der Waals surface area contributed by atoms with Gasteiger partial charge in [0.15, 0.2) is 0 Å². The van der Waals surface area contributed by atoms with Crippen molar-refractivity contribution >= 4 is 35.0 Å². The van der Waals surface area contributed by atoms with Crippen molar-refractivity contribution in [2.45, 2.75) is 17.9 Å². The van der Waals surface area contributed by atoms with Gasteiger partial charge in [0.2, 0.25) is 5.91 Å². The second kappa shape index (κ2) is 7.39. The lowest BCUT2D eigenvalue weighted by molar-refractivity contribution is -0.117. The van der Waals surface area contributed by atoms with Crippen molar-refractivity contribution in [1.82, 2.24) is 5.32 Å². The number of carbonyl (C=O) groups is 1. The molecule has 0 fully saturated rings. The number of nitrogens with zero attached hydrogens (tertiary/aromatic N) is 1. The van der Waals surface area contributed by atoms with Crippen LogP contribution in [0.25, 0.3) is 0 Å². The van der Waals surface area contributed by atoms with Gasteiger partial charge in [0.05, 0.1) is 12.2 Å². The number of benzene rings is 2. The van der Waals surface area contributed by atoms with Crippen molar-refractivity contribution in [3.63, 3.8) is 0 Å². The van der Waals surface area contributed by atoms with Crippen molar-refractivity contribution in [1.29, 1.82) is 0 Å². The van der Waals surface area contributed by atoms with Gasteiger partial charge in [-0.15, -0.1) is 11.8 Å². The highest BCUT2D eigenvalue weighted by molar-refractivity contribution is 7.99. The molecule has 2 aromatic carbocycles. The van der Waals surface area contributed by atoms with Crippen LogP contribution in [0.5, 0.6) is 0 Å². The third-order valence-electron chi connectivity index (χ3n) is 3.94. The molecule has 3 nitrogen and oxygen atoms in total. The van der Waals surface area contributed by atoms with Gasteiger partial charge in [0.1, 0.15) is 0 Å². The van der Waals surface area contributed by atoms with E-state index >= 15 is 0 Å². The molecule has 0 saturated carbocycles. The van der Waals surface area contributed by atoms with Gasteiger partial charge in [-0.1, -0.05) is 35.9 Å². The zero-order valence-corrected chi connectivity index (χ0v) is 14.5. The summed E-state index contributed by atoms with van der Waals surface area (Å²) in [4.78, 5) is 15.6. The standard InChI is InChI=1S/C18H19ClN2OS/c1-13(14-5-4-6-15(19)11-14)20-12-18(22)21-9-10-23-17-8-3-2-7-16(17)21/h2-8,11,13,20H,9-10,12H2,1H3. The Morgan fingerprint density at radius 2 is 2.13 bits per heavy atom. The van der Waals surface area contributed by atoms with Crippen LogP contribution >= 0.6 is 23.4 Å². The number of para-hydroxylation sites is 1. The monoisotopic (exact) mass is 346 g/mol. The molecule has 1 N–H and O–H groups in total. The summed E-state index contributed by atoms with van der Waals surface area (Å²) in [7, 11) is 0. The average Bonchev–Trinajstić information content (AvgIpc) is 2.59. The first kappa shape index (κ1) is 16.4. The first-order valence-electron chi connectivity index (χ1n) is 7.66. The maximum absolute atomic E-state index is 12.6. The van der Waals surface area contributed by atoms with Gasteiger partial charge in [-0.05, 0) is 36.8 Å². The Morgan fingerprint density at radius 3 is 2.96 bits per heavy atom. The SMILES string of the molecule is CC(NCC(=O)N1CCSc2ccccc21)c1cccc(Cl)c1. The van der Waals surface area contributed by atoms with Gasteiger partial charge >= 0.3 is 0 Å². The second-order valence-corrected chi connectivity index (χ2v) is 7.09. The molecule has 0 spiro atoms. The molecular weight excluding hydrogens is 328 g/mol. The predicted octanol–water partition coefficient (Wildman–Crippen LogP) is 4.13. The fourth-order valence-corrected chi connectivity index (χ4v) is 3.85. The van der Waals surface area contributed by atoms with E-state index in [1.807, 2.05) is 54.3 Å². The molecule has 23 heavy (non-hydrogen) atoms. The van der Waals surface area contributed by atoms with Crippen molar-refractivity contribution in [2.75, 3.05) is 23.7 Å². The number of anilines is 1. The second-order valence-electron chi connectivity index (χ2n) is 5.52. The molecule has 120 valence electrons. The van der Waals surface area contributed by atoms with Crippen LogP contribution in [-0.2, 0) is 4.79 Å². The summed E-state index contributed by atoms with van der Waals surface area (Å²) in [6.45, 7) is 3.11. The first-order chi connectivity index (χ1) is 11.1. The number of hydrogen-bond acceptors (Lipinski definition) is 3. The molecule has 5 heteroatoms. The summed E-state index contributed by atoms with van der Waals surface area (Å²) in [5.41, 5.74) is 2.10. The fraction of sp³-hybridized carbons (Fsp3) is 0.278.